The van der Waals surface area contributed by atoms with Gasteiger partial charge in [0.15, 0.2) is 0 Å². The predicted octanol–water partition coefficient (Wildman–Crippen LogP) is -1.24. The van der Waals surface area contributed by atoms with Gasteiger partial charge >= 0.3 is 69.4 Å². The first kappa shape index (κ1) is 9.71. The summed E-state index contributed by atoms with van der Waals surface area (Å²) in [6.45, 7) is 0. The van der Waals surface area contributed by atoms with E-state index in [1.165, 1.54) is 0 Å². The van der Waals surface area contributed by atoms with Crippen molar-refractivity contribution in [2.24, 2.45) is 0 Å². The van der Waals surface area contributed by atoms with E-state index in [9.17, 15) is 16.9 Å². The van der Waals surface area contributed by atoms with Gasteiger partial charge in [0.25, 0.3) is 0 Å². The molecule has 0 amide bonds. The second kappa shape index (κ2) is 5.49. The maximum atomic E-state index is 10.1. The number of carbonyl (C=O) groups is 2. The summed E-state index contributed by atoms with van der Waals surface area (Å²) >= 11 is -3.70. The Bertz CT molecular complexity index is 155. The molecule has 0 aliphatic carbocycles. The minimum absolute atomic E-state index is 1.37. The van der Waals surface area contributed by atoms with E-state index in [0.717, 1.165) is 0 Å². The van der Waals surface area contributed by atoms with Gasteiger partial charge < -0.3 is 0 Å². The van der Waals surface area contributed by atoms with Gasteiger partial charge in [0, 0.05) is 0 Å². The van der Waals surface area contributed by atoms with Crippen molar-refractivity contribution < 1.29 is 57.4 Å². The third-order valence-corrected chi connectivity index (χ3v) is 1.16. The summed E-state index contributed by atoms with van der Waals surface area (Å²) in [5.41, 5.74) is 0. The summed E-state index contributed by atoms with van der Waals surface area (Å²) in [4.78, 5) is 20.3. The van der Waals surface area contributed by atoms with Gasteiger partial charge in [-0.15, -0.1) is 0 Å². The van der Waals surface area contributed by atoms with E-state index >= 15 is 0 Å². The average molecular weight is 222 g/mol. The molecule has 8 heteroatoms. The Balaban J connectivity index is 3.81. The Morgan fingerprint density at radius 2 is 1.20 bits per heavy atom. The number of hydrogen-bond donors (Lipinski definition) is 0. The molecule has 0 bridgehead atoms. The second-order valence-electron chi connectivity index (χ2n) is 0.907. The Hall–Kier alpha value is -0.291. The molecule has 0 atom stereocenters. The molecule has 0 N–H and O–H groups in total. The quantitative estimate of drug-likeness (QED) is 0.543. The summed E-state index contributed by atoms with van der Waals surface area (Å²) in [6.07, 6.45) is 0. The van der Waals surface area contributed by atoms with Crippen LogP contribution in [0.1, 0.15) is 0 Å². The van der Waals surface area contributed by atoms with E-state index in [4.69, 9.17) is 0 Å². The van der Waals surface area contributed by atoms with Crippen molar-refractivity contribution in [1.29, 1.82) is 0 Å². The van der Waals surface area contributed by atoms with Crippen molar-refractivity contribution in [3.8, 4) is 0 Å². The first-order valence-electron chi connectivity index (χ1n) is 1.80. The molecule has 0 aromatic carbocycles. The molecule has 0 radical (unpaired) electrons. The van der Waals surface area contributed by atoms with Crippen molar-refractivity contribution in [3.63, 3.8) is 0 Å². The Morgan fingerprint density at radius 3 is 1.40 bits per heavy atom. The van der Waals surface area contributed by atoms with Gasteiger partial charge in [-0.25, -0.2) is 0 Å². The van der Waals surface area contributed by atoms with Crippen molar-refractivity contribution >= 4 is 11.9 Å². The topological polar surface area (TPSA) is 86.7 Å². The first-order valence-corrected chi connectivity index (χ1v) is 4.08. The molecule has 0 aliphatic rings. The molecular formula is C2O6V2. The second-order valence-corrected chi connectivity index (χ2v) is 1.94. The fraction of sp³-hybridized carbons (Fsp3) is 0. The number of carbonyl (C=O) groups excluding carboxylic acids is 2. The van der Waals surface area contributed by atoms with Crippen LogP contribution in [0.25, 0.3) is 0 Å². The Kier molecular flexibility index (Phi) is 5.33. The summed E-state index contributed by atoms with van der Waals surface area (Å²) in [6, 6.07) is 0. The van der Waals surface area contributed by atoms with Crippen molar-refractivity contribution in [2.45, 2.75) is 0 Å². The van der Waals surface area contributed by atoms with Crippen LogP contribution >= 0.6 is 0 Å². The van der Waals surface area contributed by atoms with E-state index in [1.807, 2.05) is 0 Å². The molecule has 0 aromatic heterocycles. The molecule has 0 saturated heterocycles. The van der Waals surface area contributed by atoms with Crippen LogP contribution < -0.4 is 0 Å². The molecule has 0 unspecified atom stereocenters. The first-order chi connectivity index (χ1) is 4.72. The zero-order valence-electron chi connectivity index (χ0n) is 4.34. The molecule has 0 heterocycles. The van der Waals surface area contributed by atoms with Gasteiger partial charge in [-0.3, -0.25) is 0 Å². The standard InChI is InChI=1S/C2H2O4.2O.2V/c3-1(4)2(5)6;;;;/h(H,3,4)(H,5,6);;;;/q;;;2*+1/p-2. The Morgan fingerprint density at radius 1 is 0.900 bits per heavy atom. The van der Waals surface area contributed by atoms with Crippen LogP contribution in [-0.4, -0.2) is 11.9 Å². The van der Waals surface area contributed by atoms with E-state index < -0.39 is 45.1 Å². The molecular weight excluding hydrogens is 222 g/mol. The van der Waals surface area contributed by atoms with Crippen LogP contribution in [0.3, 0.4) is 0 Å². The third kappa shape index (κ3) is 3.68. The minimum atomic E-state index is -1.85. The molecule has 10 heavy (non-hydrogen) atoms. The monoisotopic (exact) mass is 222 g/mol. The number of hydrogen-bond acceptors (Lipinski definition) is 6. The SMILES string of the molecule is [O]=[V][O]C(=O)C(=O)[O][V]=[O]. The van der Waals surface area contributed by atoms with Gasteiger partial charge in [-0.1, -0.05) is 0 Å². The van der Waals surface area contributed by atoms with Gasteiger partial charge in [-0.05, 0) is 0 Å². The van der Waals surface area contributed by atoms with Crippen LogP contribution in [0.4, 0.5) is 0 Å². The van der Waals surface area contributed by atoms with E-state index in [0.29, 0.717) is 0 Å². The molecule has 0 aromatic rings. The summed E-state index contributed by atoms with van der Waals surface area (Å²) in [5.74, 6) is -2.75. The van der Waals surface area contributed by atoms with Crippen molar-refractivity contribution in [1.82, 2.24) is 0 Å². The van der Waals surface area contributed by atoms with Crippen LogP contribution in [0, 0.1) is 0 Å². The van der Waals surface area contributed by atoms with E-state index in [1.54, 1.807) is 0 Å². The molecule has 6 nitrogen and oxygen atoms in total. The van der Waals surface area contributed by atoms with Crippen LogP contribution in [0.5, 0.6) is 0 Å². The fourth-order valence-corrected chi connectivity index (χ4v) is 0.586. The van der Waals surface area contributed by atoms with Gasteiger partial charge in [0.05, 0.1) is 0 Å². The number of rotatable bonds is 2. The Labute approximate surface area is 69.6 Å². The molecule has 0 rings (SSSR count). The normalized spacial score (nSPS) is 7.60. The summed E-state index contributed by atoms with van der Waals surface area (Å²) in [5, 5.41) is 0. The van der Waals surface area contributed by atoms with E-state index in [2.05, 4.69) is 7.32 Å². The molecule has 54 valence electrons. The average Bonchev–Trinajstić information content (AvgIpc) is 1.89. The molecule has 0 aliphatic heterocycles. The predicted molar refractivity (Wildman–Crippen MR) is 13.6 cm³/mol. The van der Waals surface area contributed by atoms with E-state index in [-0.39, 0.29) is 0 Å². The zero-order valence-corrected chi connectivity index (χ0v) is 7.14. The summed E-state index contributed by atoms with van der Waals surface area (Å²) in [7, 11) is 0. The van der Waals surface area contributed by atoms with Gasteiger partial charge in [0.2, 0.25) is 0 Å². The maximum absolute atomic E-state index is 10.1. The van der Waals surface area contributed by atoms with Crippen molar-refractivity contribution in [2.75, 3.05) is 0 Å². The van der Waals surface area contributed by atoms with Crippen LogP contribution in [0.15, 0.2) is 0 Å². The van der Waals surface area contributed by atoms with Crippen LogP contribution in [-0.2, 0) is 57.4 Å². The van der Waals surface area contributed by atoms with Gasteiger partial charge in [0.1, 0.15) is 0 Å². The fourth-order valence-electron chi connectivity index (χ4n) is 0.142. The summed E-state index contributed by atoms with van der Waals surface area (Å²) < 4.78 is 26.8. The molecule has 0 saturated carbocycles. The molecule has 0 fully saturated rings. The van der Waals surface area contributed by atoms with Crippen LogP contribution in [0.2, 0.25) is 0 Å². The van der Waals surface area contributed by atoms with Gasteiger partial charge in [-0.2, -0.15) is 0 Å². The van der Waals surface area contributed by atoms with Crippen molar-refractivity contribution in [3.05, 3.63) is 0 Å². The zero-order chi connectivity index (χ0) is 7.98. The third-order valence-electron chi connectivity index (χ3n) is 0.407. The molecule has 0 spiro atoms.